The molecule has 0 aliphatic carbocycles. The molecule has 1 aromatic carbocycles. The van der Waals surface area contributed by atoms with Crippen molar-refractivity contribution in [3.8, 4) is 0 Å². The van der Waals surface area contributed by atoms with Gasteiger partial charge in [-0.1, -0.05) is 20.3 Å². The van der Waals surface area contributed by atoms with Crippen LogP contribution in [0.15, 0.2) is 18.2 Å². The van der Waals surface area contributed by atoms with Crippen molar-refractivity contribution < 1.29 is 9.72 Å². The maximum atomic E-state index is 12.6. The lowest BCUT2D eigenvalue weighted by atomic mass is 10.1. The van der Waals surface area contributed by atoms with E-state index in [4.69, 9.17) is 0 Å². The van der Waals surface area contributed by atoms with Crippen molar-refractivity contribution in [2.45, 2.75) is 27.2 Å². The van der Waals surface area contributed by atoms with Crippen LogP contribution in [-0.4, -0.2) is 35.9 Å². The van der Waals surface area contributed by atoms with E-state index in [-0.39, 0.29) is 17.2 Å². The Morgan fingerprint density at radius 2 is 2.10 bits per heavy atom. The number of carbonyl (C=O) groups excluding carboxylic acids is 1. The van der Waals surface area contributed by atoms with E-state index in [0.717, 1.165) is 6.42 Å². The first-order valence-electron chi connectivity index (χ1n) is 7.20. The molecule has 1 N–H and O–H groups in total. The summed E-state index contributed by atoms with van der Waals surface area (Å²) in [6.45, 7) is 7.15. The quantitative estimate of drug-likeness (QED) is 0.619. The molecule has 1 atom stereocenters. The summed E-state index contributed by atoms with van der Waals surface area (Å²) in [5.41, 5.74) is 0.669. The molecular formula is C15H23N3O3. The predicted octanol–water partition coefficient (Wildman–Crippen LogP) is 3.14. The van der Waals surface area contributed by atoms with Gasteiger partial charge < -0.3 is 10.2 Å². The molecule has 116 valence electrons. The Labute approximate surface area is 125 Å². The molecule has 0 radical (unpaired) electrons. The smallest absolute Gasteiger partial charge is 0.282 e. The Balaban J connectivity index is 3.16. The minimum absolute atomic E-state index is 0.136. The molecule has 1 aromatic rings. The van der Waals surface area contributed by atoms with Gasteiger partial charge in [-0.2, -0.15) is 0 Å². The number of amides is 1. The van der Waals surface area contributed by atoms with Gasteiger partial charge >= 0.3 is 0 Å². The number of anilines is 1. The number of rotatable bonds is 7. The highest BCUT2D eigenvalue weighted by Gasteiger charge is 2.25. The third-order valence-corrected chi connectivity index (χ3v) is 3.61. The first kappa shape index (κ1) is 16.9. The van der Waals surface area contributed by atoms with Crippen LogP contribution in [0.2, 0.25) is 0 Å². The number of nitro benzene ring substituents is 1. The van der Waals surface area contributed by atoms with E-state index in [1.807, 2.05) is 6.92 Å². The number of carbonyl (C=O) groups is 1. The van der Waals surface area contributed by atoms with Crippen LogP contribution in [0.25, 0.3) is 0 Å². The van der Waals surface area contributed by atoms with Gasteiger partial charge in [0.15, 0.2) is 0 Å². The van der Waals surface area contributed by atoms with Crippen LogP contribution in [0.5, 0.6) is 0 Å². The van der Waals surface area contributed by atoms with Crippen molar-refractivity contribution in [3.63, 3.8) is 0 Å². The van der Waals surface area contributed by atoms with E-state index in [1.165, 1.54) is 6.07 Å². The lowest BCUT2D eigenvalue weighted by Crippen LogP contribution is -2.34. The zero-order chi connectivity index (χ0) is 16.0. The Hall–Kier alpha value is -2.11. The second-order valence-corrected chi connectivity index (χ2v) is 5.10. The summed E-state index contributed by atoms with van der Waals surface area (Å²) in [5, 5.41) is 14.0. The van der Waals surface area contributed by atoms with Gasteiger partial charge in [0.25, 0.3) is 11.6 Å². The average molecular weight is 293 g/mol. The minimum Gasteiger partial charge on any atom is -0.388 e. The highest BCUT2D eigenvalue weighted by Crippen LogP contribution is 2.24. The Morgan fingerprint density at radius 1 is 1.43 bits per heavy atom. The zero-order valence-electron chi connectivity index (χ0n) is 13.0. The van der Waals surface area contributed by atoms with E-state index < -0.39 is 4.92 Å². The fraction of sp³-hybridized carbons (Fsp3) is 0.533. The molecule has 0 bridgehead atoms. The number of hydrogen-bond donors (Lipinski definition) is 1. The third-order valence-electron chi connectivity index (χ3n) is 3.61. The van der Waals surface area contributed by atoms with E-state index in [2.05, 4.69) is 19.2 Å². The van der Waals surface area contributed by atoms with Gasteiger partial charge in [0.1, 0.15) is 5.56 Å². The molecule has 0 saturated heterocycles. The Kier molecular flexibility index (Phi) is 6.14. The summed E-state index contributed by atoms with van der Waals surface area (Å²) in [4.78, 5) is 24.9. The fourth-order valence-electron chi connectivity index (χ4n) is 2.05. The summed E-state index contributed by atoms with van der Waals surface area (Å²) >= 11 is 0. The first-order valence-corrected chi connectivity index (χ1v) is 7.20. The molecule has 1 amide bonds. The molecule has 1 unspecified atom stereocenters. The molecule has 0 aliphatic heterocycles. The summed E-state index contributed by atoms with van der Waals surface area (Å²) in [7, 11) is 1.71. The molecular weight excluding hydrogens is 270 g/mol. The van der Waals surface area contributed by atoms with Gasteiger partial charge in [-0.3, -0.25) is 14.9 Å². The molecule has 1 rings (SSSR count). The van der Waals surface area contributed by atoms with Crippen LogP contribution >= 0.6 is 0 Å². The number of benzene rings is 1. The van der Waals surface area contributed by atoms with Gasteiger partial charge in [-0.15, -0.1) is 0 Å². The van der Waals surface area contributed by atoms with Crippen LogP contribution < -0.4 is 5.32 Å². The molecule has 0 saturated carbocycles. The number of hydrogen-bond acceptors (Lipinski definition) is 4. The number of nitrogens with one attached hydrogen (secondary N) is 1. The molecule has 21 heavy (non-hydrogen) atoms. The van der Waals surface area contributed by atoms with E-state index in [0.29, 0.717) is 24.7 Å². The van der Waals surface area contributed by atoms with Crippen LogP contribution in [0.3, 0.4) is 0 Å². The summed E-state index contributed by atoms with van der Waals surface area (Å²) in [5.74, 6) is 0.0713. The zero-order valence-corrected chi connectivity index (χ0v) is 13.0. The SMILES string of the molecule is CCC(C)CN(CC)C(=O)c1cc(NC)ccc1[N+](=O)[O-]. The highest BCUT2D eigenvalue weighted by molar-refractivity contribution is 5.99. The first-order chi connectivity index (χ1) is 9.94. The van der Waals surface area contributed by atoms with Crippen molar-refractivity contribution in [2.75, 3.05) is 25.5 Å². The van der Waals surface area contributed by atoms with Crippen LogP contribution in [0, 0.1) is 16.0 Å². The van der Waals surface area contributed by atoms with Crippen molar-refractivity contribution in [2.24, 2.45) is 5.92 Å². The predicted molar refractivity (Wildman–Crippen MR) is 83.7 cm³/mol. The number of nitrogens with zero attached hydrogens (tertiary/aromatic N) is 2. The Bertz CT molecular complexity index is 517. The molecule has 0 aromatic heterocycles. The third kappa shape index (κ3) is 4.18. The van der Waals surface area contributed by atoms with Gasteiger partial charge in [-0.25, -0.2) is 0 Å². The summed E-state index contributed by atoms with van der Waals surface area (Å²) < 4.78 is 0. The normalized spacial score (nSPS) is 11.8. The monoisotopic (exact) mass is 293 g/mol. The van der Waals surface area contributed by atoms with Crippen LogP contribution in [0.1, 0.15) is 37.6 Å². The van der Waals surface area contributed by atoms with Crippen LogP contribution in [0.4, 0.5) is 11.4 Å². The van der Waals surface area contributed by atoms with Crippen molar-refractivity contribution >= 4 is 17.3 Å². The van der Waals surface area contributed by atoms with Crippen molar-refractivity contribution in [1.82, 2.24) is 4.90 Å². The lowest BCUT2D eigenvalue weighted by molar-refractivity contribution is -0.385. The lowest BCUT2D eigenvalue weighted by Gasteiger charge is -2.24. The van der Waals surface area contributed by atoms with Gasteiger partial charge in [-0.05, 0) is 25.0 Å². The maximum Gasteiger partial charge on any atom is 0.282 e. The van der Waals surface area contributed by atoms with Crippen LogP contribution in [-0.2, 0) is 0 Å². The van der Waals surface area contributed by atoms with E-state index >= 15 is 0 Å². The minimum atomic E-state index is -0.510. The van der Waals surface area contributed by atoms with E-state index in [9.17, 15) is 14.9 Å². The number of nitro groups is 1. The second kappa shape index (κ2) is 7.61. The summed E-state index contributed by atoms with van der Waals surface area (Å²) in [6, 6.07) is 4.51. The second-order valence-electron chi connectivity index (χ2n) is 5.10. The maximum absolute atomic E-state index is 12.6. The van der Waals surface area contributed by atoms with Gasteiger partial charge in [0.2, 0.25) is 0 Å². The highest BCUT2D eigenvalue weighted by atomic mass is 16.6. The Morgan fingerprint density at radius 3 is 2.57 bits per heavy atom. The average Bonchev–Trinajstić information content (AvgIpc) is 2.50. The topological polar surface area (TPSA) is 75.5 Å². The molecule has 0 aliphatic rings. The molecule has 0 spiro atoms. The van der Waals surface area contributed by atoms with Gasteiger partial charge in [0.05, 0.1) is 4.92 Å². The molecule has 0 heterocycles. The fourth-order valence-corrected chi connectivity index (χ4v) is 2.05. The van der Waals surface area contributed by atoms with E-state index in [1.54, 1.807) is 24.1 Å². The molecule has 6 heteroatoms. The molecule has 0 fully saturated rings. The molecule has 6 nitrogen and oxygen atoms in total. The standard InChI is InChI=1S/C15H23N3O3/c1-5-11(3)10-17(6-2)15(19)13-9-12(16-4)7-8-14(13)18(20)21/h7-9,11,16H,5-6,10H2,1-4H3. The largest absolute Gasteiger partial charge is 0.388 e. The van der Waals surface area contributed by atoms with Crippen molar-refractivity contribution in [3.05, 3.63) is 33.9 Å². The summed E-state index contributed by atoms with van der Waals surface area (Å²) in [6.07, 6.45) is 0.961. The van der Waals surface area contributed by atoms with Gasteiger partial charge in [0, 0.05) is 31.9 Å². The van der Waals surface area contributed by atoms with Crippen molar-refractivity contribution in [1.29, 1.82) is 0 Å².